The van der Waals surface area contributed by atoms with E-state index in [1.807, 2.05) is 24.3 Å². The zero-order valence-electron chi connectivity index (χ0n) is 10.3. The van der Waals surface area contributed by atoms with Crippen molar-refractivity contribution in [3.05, 3.63) is 71.3 Å². The molecule has 0 unspecified atom stereocenters. The second kappa shape index (κ2) is 4.41. The third-order valence-electron chi connectivity index (χ3n) is 4.01. The van der Waals surface area contributed by atoms with Gasteiger partial charge in [0.05, 0.1) is 5.41 Å². The molecule has 2 aromatic rings. The summed E-state index contributed by atoms with van der Waals surface area (Å²) in [5.74, 6) is 0. The van der Waals surface area contributed by atoms with Crippen molar-refractivity contribution in [1.82, 2.24) is 0 Å². The van der Waals surface area contributed by atoms with Crippen LogP contribution in [0.4, 0.5) is 0 Å². The minimum Gasteiger partial charge on any atom is -0.302 e. The average Bonchev–Trinajstić information content (AvgIpc) is 2.47. The van der Waals surface area contributed by atoms with E-state index >= 15 is 0 Å². The molecular formula is C17H16O. The number of fused-ring (bicyclic) bond motifs is 1. The fourth-order valence-electron chi connectivity index (χ4n) is 3.09. The molecule has 0 spiro atoms. The van der Waals surface area contributed by atoms with Crippen LogP contribution in [0.25, 0.3) is 0 Å². The molecular weight excluding hydrogens is 220 g/mol. The van der Waals surface area contributed by atoms with Gasteiger partial charge in [-0.05, 0) is 36.0 Å². The Balaban J connectivity index is 2.23. The number of hydrogen-bond donors (Lipinski definition) is 0. The standard InChI is InChI=1S/C17H16O/c18-13-17(15-9-2-1-3-10-15)12-6-8-14-7-4-5-11-16(14)17/h1-5,7,9-11,13H,6,8,12H2/t17-/m1/s1. The lowest BCUT2D eigenvalue weighted by Gasteiger charge is -2.35. The predicted molar refractivity (Wildman–Crippen MR) is 72.7 cm³/mol. The van der Waals surface area contributed by atoms with Crippen LogP contribution in [0.15, 0.2) is 54.6 Å². The minimum atomic E-state index is -0.434. The number of carbonyl (C=O) groups excluding carboxylic acids is 1. The first-order chi connectivity index (χ1) is 8.87. The SMILES string of the molecule is O=C[C@@]1(c2ccccc2)CCCc2ccccc21. The van der Waals surface area contributed by atoms with Crippen LogP contribution in [0.1, 0.15) is 29.5 Å². The Morgan fingerprint density at radius 1 is 0.944 bits per heavy atom. The Hall–Kier alpha value is -1.89. The van der Waals surface area contributed by atoms with Crippen LogP contribution in [-0.4, -0.2) is 6.29 Å². The number of aryl methyl sites for hydroxylation is 1. The van der Waals surface area contributed by atoms with Gasteiger partial charge in [0.2, 0.25) is 0 Å². The quantitative estimate of drug-likeness (QED) is 0.729. The molecule has 0 N–H and O–H groups in total. The van der Waals surface area contributed by atoms with Crippen molar-refractivity contribution < 1.29 is 4.79 Å². The lowest BCUT2D eigenvalue weighted by Crippen LogP contribution is -2.33. The van der Waals surface area contributed by atoms with Gasteiger partial charge in [0, 0.05) is 0 Å². The van der Waals surface area contributed by atoms with Crippen molar-refractivity contribution in [2.24, 2.45) is 0 Å². The summed E-state index contributed by atoms with van der Waals surface area (Å²) in [5.41, 5.74) is 3.19. The molecule has 0 bridgehead atoms. The number of rotatable bonds is 2. The van der Waals surface area contributed by atoms with Crippen LogP contribution in [0, 0.1) is 0 Å². The first-order valence-electron chi connectivity index (χ1n) is 6.47. The lowest BCUT2D eigenvalue weighted by molar-refractivity contribution is -0.111. The zero-order valence-corrected chi connectivity index (χ0v) is 10.3. The van der Waals surface area contributed by atoms with Gasteiger partial charge in [-0.25, -0.2) is 0 Å². The molecule has 3 rings (SSSR count). The van der Waals surface area contributed by atoms with Gasteiger partial charge in [-0.3, -0.25) is 0 Å². The summed E-state index contributed by atoms with van der Waals surface area (Å²) in [7, 11) is 0. The maximum absolute atomic E-state index is 11.8. The Kier molecular flexibility index (Phi) is 2.75. The first kappa shape index (κ1) is 11.2. The molecule has 0 radical (unpaired) electrons. The highest BCUT2D eigenvalue weighted by atomic mass is 16.1. The van der Waals surface area contributed by atoms with Gasteiger partial charge in [-0.1, -0.05) is 54.6 Å². The summed E-state index contributed by atoms with van der Waals surface area (Å²) in [4.78, 5) is 11.8. The van der Waals surface area contributed by atoms with Gasteiger partial charge in [0.15, 0.2) is 0 Å². The number of aldehydes is 1. The van der Waals surface area contributed by atoms with Crippen molar-refractivity contribution in [2.75, 3.05) is 0 Å². The Labute approximate surface area is 107 Å². The van der Waals surface area contributed by atoms with E-state index in [1.54, 1.807) is 0 Å². The number of benzene rings is 2. The molecule has 90 valence electrons. The van der Waals surface area contributed by atoms with E-state index in [4.69, 9.17) is 0 Å². The summed E-state index contributed by atoms with van der Waals surface area (Å²) in [6.07, 6.45) is 4.21. The first-order valence-corrected chi connectivity index (χ1v) is 6.47. The van der Waals surface area contributed by atoms with Gasteiger partial charge < -0.3 is 4.79 Å². The summed E-state index contributed by atoms with van der Waals surface area (Å²) >= 11 is 0. The smallest absolute Gasteiger partial charge is 0.134 e. The van der Waals surface area contributed by atoms with Crippen molar-refractivity contribution >= 4 is 6.29 Å². The summed E-state index contributed by atoms with van der Waals surface area (Å²) in [6, 6.07) is 18.5. The molecule has 1 atom stereocenters. The third kappa shape index (κ3) is 1.59. The molecule has 18 heavy (non-hydrogen) atoms. The molecule has 0 fully saturated rings. The van der Waals surface area contributed by atoms with E-state index in [0.717, 1.165) is 31.1 Å². The molecule has 0 saturated carbocycles. The summed E-state index contributed by atoms with van der Waals surface area (Å²) in [5, 5.41) is 0. The highest BCUT2D eigenvalue weighted by molar-refractivity contribution is 5.76. The number of carbonyl (C=O) groups is 1. The Morgan fingerprint density at radius 3 is 2.44 bits per heavy atom. The molecule has 0 saturated heterocycles. The topological polar surface area (TPSA) is 17.1 Å². The highest BCUT2D eigenvalue weighted by Gasteiger charge is 2.37. The fraction of sp³-hybridized carbons (Fsp3) is 0.235. The van der Waals surface area contributed by atoms with Crippen LogP contribution in [0.3, 0.4) is 0 Å². The van der Waals surface area contributed by atoms with Gasteiger partial charge in [0.25, 0.3) is 0 Å². The van der Waals surface area contributed by atoms with E-state index in [0.29, 0.717) is 0 Å². The normalized spacial score (nSPS) is 22.2. The highest BCUT2D eigenvalue weighted by Crippen LogP contribution is 2.40. The molecule has 0 aromatic heterocycles. The van der Waals surface area contributed by atoms with Crippen LogP contribution in [0.5, 0.6) is 0 Å². The molecule has 1 nitrogen and oxygen atoms in total. The molecule has 2 aromatic carbocycles. The monoisotopic (exact) mass is 236 g/mol. The Bertz CT molecular complexity index is 559. The largest absolute Gasteiger partial charge is 0.302 e. The van der Waals surface area contributed by atoms with Crippen molar-refractivity contribution in [3.63, 3.8) is 0 Å². The lowest BCUT2D eigenvalue weighted by atomic mass is 9.67. The minimum absolute atomic E-state index is 0.434. The van der Waals surface area contributed by atoms with Crippen molar-refractivity contribution in [3.8, 4) is 0 Å². The van der Waals surface area contributed by atoms with Crippen LogP contribution >= 0.6 is 0 Å². The maximum Gasteiger partial charge on any atom is 0.134 e. The second-order valence-corrected chi connectivity index (χ2v) is 4.97. The van der Waals surface area contributed by atoms with E-state index in [1.165, 1.54) is 11.1 Å². The zero-order chi connectivity index (χ0) is 12.4. The molecule has 0 amide bonds. The fourth-order valence-corrected chi connectivity index (χ4v) is 3.09. The van der Waals surface area contributed by atoms with E-state index in [-0.39, 0.29) is 0 Å². The molecule has 0 heterocycles. The maximum atomic E-state index is 11.8. The van der Waals surface area contributed by atoms with Crippen molar-refractivity contribution in [2.45, 2.75) is 24.7 Å². The summed E-state index contributed by atoms with van der Waals surface area (Å²) in [6.45, 7) is 0. The molecule has 1 aliphatic rings. The van der Waals surface area contributed by atoms with E-state index < -0.39 is 5.41 Å². The van der Waals surface area contributed by atoms with E-state index in [9.17, 15) is 4.79 Å². The summed E-state index contributed by atoms with van der Waals surface area (Å²) < 4.78 is 0. The van der Waals surface area contributed by atoms with Gasteiger partial charge >= 0.3 is 0 Å². The second-order valence-electron chi connectivity index (χ2n) is 4.97. The average molecular weight is 236 g/mol. The third-order valence-corrected chi connectivity index (χ3v) is 4.01. The molecule has 1 heteroatoms. The molecule has 0 aliphatic heterocycles. The van der Waals surface area contributed by atoms with E-state index in [2.05, 4.69) is 30.3 Å². The van der Waals surface area contributed by atoms with Gasteiger partial charge in [-0.15, -0.1) is 0 Å². The number of hydrogen-bond acceptors (Lipinski definition) is 1. The molecule has 1 aliphatic carbocycles. The Morgan fingerprint density at radius 2 is 1.67 bits per heavy atom. The van der Waals surface area contributed by atoms with Crippen LogP contribution < -0.4 is 0 Å². The van der Waals surface area contributed by atoms with Gasteiger partial charge in [0.1, 0.15) is 6.29 Å². The predicted octanol–water partition coefficient (Wildman–Crippen LogP) is 3.51. The van der Waals surface area contributed by atoms with Crippen LogP contribution in [-0.2, 0) is 16.6 Å². The van der Waals surface area contributed by atoms with Crippen LogP contribution in [0.2, 0.25) is 0 Å². The van der Waals surface area contributed by atoms with Crippen molar-refractivity contribution in [1.29, 1.82) is 0 Å². The van der Waals surface area contributed by atoms with Gasteiger partial charge in [-0.2, -0.15) is 0 Å².